The lowest BCUT2D eigenvalue weighted by Crippen LogP contribution is -2.37. The predicted octanol–water partition coefficient (Wildman–Crippen LogP) is 8.47. The third-order valence-corrected chi connectivity index (χ3v) is 7.60. The third kappa shape index (κ3) is 9.26. The highest BCUT2D eigenvalue weighted by atomic mass is 35.5. The fourth-order valence-electron chi connectivity index (χ4n) is 4.92. The molecule has 1 aliphatic carbocycles. The van der Waals surface area contributed by atoms with E-state index in [0.717, 1.165) is 36.1 Å². The number of esters is 1. The highest BCUT2D eigenvalue weighted by Crippen LogP contribution is 2.42. The number of halogens is 2. The van der Waals surface area contributed by atoms with Gasteiger partial charge in [-0.1, -0.05) is 78.5 Å². The van der Waals surface area contributed by atoms with E-state index in [2.05, 4.69) is 12.1 Å². The summed E-state index contributed by atoms with van der Waals surface area (Å²) >= 11 is 13.2. The van der Waals surface area contributed by atoms with E-state index in [4.69, 9.17) is 46.9 Å². The number of carbonyl (C=O) groups excluding carboxylic acids is 2. The smallest absolute Gasteiger partial charge is 0.414 e. The zero-order valence-corrected chi connectivity index (χ0v) is 25.9. The zero-order valence-electron chi connectivity index (χ0n) is 24.4. The van der Waals surface area contributed by atoms with Gasteiger partial charge >= 0.3 is 12.1 Å². The highest BCUT2D eigenvalue weighted by molar-refractivity contribution is 6.37. The van der Waals surface area contributed by atoms with Gasteiger partial charge in [-0.2, -0.15) is 0 Å². The normalized spacial score (nSPS) is 16.3. The van der Waals surface area contributed by atoms with Crippen molar-refractivity contribution in [2.75, 3.05) is 31.3 Å². The molecule has 1 fully saturated rings. The van der Waals surface area contributed by atoms with Gasteiger partial charge in [-0.15, -0.1) is 0 Å². The molecule has 4 rings (SSSR count). The predicted molar refractivity (Wildman–Crippen MR) is 166 cm³/mol. The van der Waals surface area contributed by atoms with Gasteiger partial charge in [0.2, 0.25) is 0 Å². The minimum atomic E-state index is -0.733. The molecule has 2 atom stereocenters. The van der Waals surface area contributed by atoms with E-state index in [0.29, 0.717) is 24.7 Å². The number of para-hydroxylation sites is 2. The number of carbonyl (C=O) groups is 2. The van der Waals surface area contributed by atoms with E-state index >= 15 is 0 Å². The Kier molecular flexibility index (Phi) is 12.4. The van der Waals surface area contributed by atoms with Crippen LogP contribution in [0.2, 0.25) is 10.0 Å². The Bertz CT molecular complexity index is 1330. The van der Waals surface area contributed by atoms with Crippen LogP contribution in [0.5, 0.6) is 17.2 Å². The van der Waals surface area contributed by atoms with Crippen LogP contribution < -0.4 is 14.4 Å². The number of nitrogens with zero attached hydrogens (tertiary/aromatic N) is 1. The number of hydrogen-bond acceptors (Lipinski definition) is 7. The van der Waals surface area contributed by atoms with Crippen LogP contribution in [-0.2, 0) is 25.6 Å². The first-order chi connectivity index (χ1) is 20.9. The van der Waals surface area contributed by atoms with Gasteiger partial charge in [0.1, 0.15) is 6.54 Å². The second-order valence-electron chi connectivity index (χ2n) is 10.1. The first-order valence-corrected chi connectivity index (χ1v) is 15.3. The monoisotopic (exact) mass is 629 g/mol. The Morgan fingerprint density at radius 3 is 2.21 bits per heavy atom. The molecule has 230 valence electrons. The molecule has 0 aliphatic heterocycles. The first kappa shape index (κ1) is 32.5. The summed E-state index contributed by atoms with van der Waals surface area (Å²) in [5.41, 5.74) is 1.41. The van der Waals surface area contributed by atoms with E-state index in [9.17, 15) is 9.59 Å². The van der Waals surface area contributed by atoms with Crippen molar-refractivity contribution < 1.29 is 33.3 Å². The van der Waals surface area contributed by atoms with Crippen LogP contribution in [0.4, 0.5) is 10.5 Å². The summed E-state index contributed by atoms with van der Waals surface area (Å²) in [5.74, 6) is 0.807. The van der Waals surface area contributed by atoms with Gasteiger partial charge in [0.15, 0.2) is 17.2 Å². The minimum absolute atomic E-state index is 0.107. The zero-order chi connectivity index (χ0) is 30.6. The summed E-state index contributed by atoms with van der Waals surface area (Å²) in [6, 6.07) is 20.4. The molecule has 3 aromatic carbocycles. The Balaban J connectivity index is 1.46. The lowest BCUT2D eigenvalue weighted by Gasteiger charge is -2.31. The lowest BCUT2D eigenvalue weighted by molar-refractivity contribution is -0.141. The second kappa shape index (κ2) is 16.4. The maximum Gasteiger partial charge on any atom is 0.414 e. The molecule has 10 heteroatoms. The molecule has 0 heterocycles. The Morgan fingerprint density at radius 2 is 1.51 bits per heavy atom. The highest BCUT2D eigenvalue weighted by Gasteiger charge is 2.28. The lowest BCUT2D eigenvalue weighted by atomic mass is 9.87. The Labute approximate surface area is 262 Å². The quantitative estimate of drug-likeness (QED) is 0.175. The van der Waals surface area contributed by atoms with Crippen molar-refractivity contribution in [2.45, 2.75) is 52.2 Å². The number of anilines is 1. The van der Waals surface area contributed by atoms with Crippen LogP contribution >= 0.6 is 23.2 Å². The van der Waals surface area contributed by atoms with E-state index in [-0.39, 0.29) is 53.3 Å². The molecule has 0 spiro atoms. The summed E-state index contributed by atoms with van der Waals surface area (Å²) in [7, 11) is 0. The van der Waals surface area contributed by atoms with Crippen molar-refractivity contribution in [1.29, 1.82) is 0 Å². The van der Waals surface area contributed by atoms with Gasteiger partial charge < -0.3 is 23.7 Å². The van der Waals surface area contributed by atoms with Crippen LogP contribution in [0.15, 0.2) is 66.7 Å². The van der Waals surface area contributed by atoms with Crippen LogP contribution in [0, 0.1) is 5.92 Å². The minimum Gasteiger partial charge on any atom is -0.489 e. The number of amides is 1. The SMILES string of the molecule is CCOC(=O)CN(C(=O)OCC)c1cc(Cl)c(Oc2ccccc2OCC2CCCCC2OCc2ccccc2)c(Cl)c1. The largest absolute Gasteiger partial charge is 0.489 e. The van der Waals surface area contributed by atoms with Crippen LogP contribution in [0.1, 0.15) is 45.1 Å². The fourth-order valence-corrected chi connectivity index (χ4v) is 5.47. The summed E-state index contributed by atoms with van der Waals surface area (Å²) < 4.78 is 28.9. The van der Waals surface area contributed by atoms with Crippen molar-refractivity contribution in [3.8, 4) is 17.2 Å². The van der Waals surface area contributed by atoms with Crippen LogP contribution in [-0.4, -0.2) is 44.5 Å². The van der Waals surface area contributed by atoms with Crippen molar-refractivity contribution in [3.05, 3.63) is 82.3 Å². The molecule has 0 aromatic heterocycles. The Morgan fingerprint density at radius 1 is 0.860 bits per heavy atom. The third-order valence-electron chi connectivity index (χ3n) is 7.04. The molecule has 8 nitrogen and oxygen atoms in total. The molecule has 1 amide bonds. The van der Waals surface area contributed by atoms with Gasteiger partial charge in [-0.25, -0.2) is 4.79 Å². The number of benzene rings is 3. The average molecular weight is 631 g/mol. The van der Waals surface area contributed by atoms with Gasteiger partial charge in [0, 0.05) is 5.92 Å². The van der Waals surface area contributed by atoms with Gasteiger partial charge in [0.05, 0.1) is 48.3 Å². The van der Waals surface area contributed by atoms with Gasteiger partial charge in [-0.3, -0.25) is 9.69 Å². The summed E-state index contributed by atoms with van der Waals surface area (Å²) in [5, 5.41) is 0.272. The number of rotatable bonds is 13. The molecule has 0 N–H and O–H groups in total. The maximum absolute atomic E-state index is 12.6. The maximum atomic E-state index is 12.6. The summed E-state index contributed by atoms with van der Waals surface area (Å²) in [6.07, 6.45) is 3.66. The molecule has 1 saturated carbocycles. The molecular weight excluding hydrogens is 593 g/mol. The number of ether oxygens (including phenoxy) is 5. The van der Waals surface area contributed by atoms with Gasteiger partial charge in [-0.05, 0) is 56.5 Å². The van der Waals surface area contributed by atoms with E-state index in [1.165, 1.54) is 12.1 Å². The van der Waals surface area contributed by atoms with Crippen molar-refractivity contribution >= 4 is 41.0 Å². The van der Waals surface area contributed by atoms with E-state index in [1.807, 2.05) is 36.4 Å². The molecule has 0 saturated heterocycles. The van der Waals surface area contributed by atoms with Crippen LogP contribution in [0.3, 0.4) is 0 Å². The van der Waals surface area contributed by atoms with Crippen molar-refractivity contribution in [3.63, 3.8) is 0 Å². The number of hydrogen-bond donors (Lipinski definition) is 0. The standard InChI is InChI=1S/C33H37Cl2NO7/c1-3-39-31(37)20-36(33(38)40-4-2)25-18-26(34)32(27(35)19-25)43-30-17-11-10-16-29(30)42-22-24-14-8-9-15-28(24)41-21-23-12-6-5-7-13-23/h5-7,10-13,16-19,24,28H,3-4,8-9,14-15,20-22H2,1-2H3. The van der Waals surface area contributed by atoms with E-state index < -0.39 is 12.1 Å². The summed E-state index contributed by atoms with van der Waals surface area (Å²) in [6.45, 7) is 4.33. The molecular formula is C33H37Cl2NO7. The molecule has 2 unspecified atom stereocenters. The molecule has 1 aliphatic rings. The Hall–Kier alpha value is -3.46. The second-order valence-corrected chi connectivity index (χ2v) is 10.9. The molecule has 43 heavy (non-hydrogen) atoms. The van der Waals surface area contributed by atoms with Crippen molar-refractivity contribution in [2.24, 2.45) is 5.92 Å². The fraction of sp³-hybridized carbons (Fsp3) is 0.394. The van der Waals surface area contributed by atoms with E-state index in [1.54, 1.807) is 19.9 Å². The van der Waals surface area contributed by atoms with Gasteiger partial charge in [0.25, 0.3) is 0 Å². The molecule has 0 bridgehead atoms. The first-order valence-electron chi connectivity index (χ1n) is 14.5. The molecule has 0 radical (unpaired) electrons. The topological polar surface area (TPSA) is 83.5 Å². The molecule has 3 aromatic rings. The van der Waals surface area contributed by atoms with Crippen molar-refractivity contribution in [1.82, 2.24) is 0 Å². The van der Waals surface area contributed by atoms with Crippen LogP contribution in [0.25, 0.3) is 0 Å². The average Bonchev–Trinajstić information content (AvgIpc) is 3.01. The summed E-state index contributed by atoms with van der Waals surface area (Å²) in [4.78, 5) is 25.9.